The number of sulfonamides is 1. The van der Waals surface area contributed by atoms with Crippen molar-refractivity contribution in [3.8, 4) is 0 Å². The van der Waals surface area contributed by atoms with Crippen molar-refractivity contribution in [3.05, 3.63) is 64.1 Å². The van der Waals surface area contributed by atoms with Crippen LogP contribution in [-0.2, 0) is 10.0 Å². The molecule has 0 saturated carbocycles. The molecule has 5 heteroatoms. The summed E-state index contributed by atoms with van der Waals surface area (Å²) in [5.41, 5.74) is 2.09. The lowest BCUT2D eigenvalue weighted by Crippen LogP contribution is -2.26. The van der Waals surface area contributed by atoms with Crippen molar-refractivity contribution in [3.63, 3.8) is 0 Å². The van der Waals surface area contributed by atoms with E-state index in [9.17, 15) is 8.42 Å². The Morgan fingerprint density at radius 2 is 1.55 bits per heavy atom. The molecule has 0 bridgehead atoms. The van der Waals surface area contributed by atoms with E-state index in [1.54, 1.807) is 24.3 Å². The van der Waals surface area contributed by atoms with Crippen molar-refractivity contribution < 1.29 is 8.42 Å². The van der Waals surface area contributed by atoms with E-state index in [4.69, 9.17) is 0 Å². The predicted octanol–water partition coefficient (Wildman–Crippen LogP) is 3.80. The van der Waals surface area contributed by atoms with E-state index in [2.05, 4.69) is 20.7 Å². The van der Waals surface area contributed by atoms with Gasteiger partial charge in [-0.15, -0.1) is 0 Å². The van der Waals surface area contributed by atoms with Gasteiger partial charge in [0.2, 0.25) is 10.0 Å². The molecule has 0 heterocycles. The molecule has 0 aliphatic heterocycles. The quantitative estimate of drug-likeness (QED) is 0.908. The van der Waals surface area contributed by atoms with E-state index < -0.39 is 10.0 Å². The molecule has 1 N–H and O–H groups in total. The highest BCUT2D eigenvalue weighted by Gasteiger charge is 2.18. The number of halogens is 1. The monoisotopic (exact) mass is 353 g/mol. The van der Waals surface area contributed by atoms with E-state index in [0.717, 1.165) is 15.6 Å². The highest BCUT2D eigenvalue weighted by molar-refractivity contribution is 9.10. The minimum Gasteiger partial charge on any atom is -0.207 e. The van der Waals surface area contributed by atoms with Crippen LogP contribution in [0.3, 0.4) is 0 Å². The summed E-state index contributed by atoms with van der Waals surface area (Å²) >= 11 is 3.29. The first kappa shape index (κ1) is 15.2. The Balaban J connectivity index is 2.19. The van der Waals surface area contributed by atoms with Gasteiger partial charge in [0.15, 0.2) is 0 Å². The molecule has 0 radical (unpaired) electrons. The normalized spacial score (nSPS) is 13.2. The molecular formula is C15H16BrNO2S. The first-order valence-electron chi connectivity index (χ1n) is 6.23. The number of nitrogens with one attached hydrogen (secondary N) is 1. The van der Waals surface area contributed by atoms with Crippen LogP contribution >= 0.6 is 15.9 Å². The van der Waals surface area contributed by atoms with Crippen LogP contribution in [-0.4, -0.2) is 8.42 Å². The molecule has 0 aliphatic carbocycles. The van der Waals surface area contributed by atoms with E-state index in [0.29, 0.717) is 0 Å². The third-order valence-electron chi connectivity index (χ3n) is 3.03. The number of hydrogen-bond donors (Lipinski definition) is 1. The predicted molar refractivity (Wildman–Crippen MR) is 84.1 cm³/mol. The SMILES string of the molecule is Cc1ccc([C@H](C)NS(=O)(=O)c2ccc(Br)cc2)cc1. The molecule has 3 nitrogen and oxygen atoms in total. The van der Waals surface area contributed by atoms with E-state index in [1.807, 2.05) is 38.1 Å². The third kappa shape index (κ3) is 3.69. The lowest BCUT2D eigenvalue weighted by Gasteiger charge is -2.15. The van der Waals surface area contributed by atoms with Gasteiger partial charge in [-0.05, 0) is 43.7 Å². The highest BCUT2D eigenvalue weighted by atomic mass is 79.9. The van der Waals surface area contributed by atoms with Gasteiger partial charge in [-0.3, -0.25) is 0 Å². The topological polar surface area (TPSA) is 46.2 Å². The molecular weight excluding hydrogens is 338 g/mol. The summed E-state index contributed by atoms with van der Waals surface area (Å²) in [6, 6.07) is 14.1. The summed E-state index contributed by atoms with van der Waals surface area (Å²) in [5, 5.41) is 0. The summed E-state index contributed by atoms with van der Waals surface area (Å²) in [7, 11) is -3.51. The summed E-state index contributed by atoms with van der Waals surface area (Å²) in [6.45, 7) is 3.83. The summed E-state index contributed by atoms with van der Waals surface area (Å²) in [4.78, 5) is 0.264. The second kappa shape index (κ2) is 6.08. The van der Waals surface area contributed by atoms with Gasteiger partial charge in [-0.25, -0.2) is 13.1 Å². The maximum atomic E-state index is 12.3. The summed E-state index contributed by atoms with van der Waals surface area (Å²) in [6.07, 6.45) is 0. The first-order valence-corrected chi connectivity index (χ1v) is 8.50. The molecule has 0 fully saturated rings. The molecule has 20 heavy (non-hydrogen) atoms. The Kier molecular flexibility index (Phi) is 4.62. The molecule has 2 aromatic carbocycles. The van der Waals surface area contributed by atoms with Crippen molar-refractivity contribution in [1.29, 1.82) is 0 Å². The average Bonchev–Trinajstić information content (AvgIpc) is 2.39. The maximum absolute atomic E-state index is 12.3. The van der Waals surface area contributed by atoms with Crippen molar-refractivity contribution in [1.82, 2.24) is 4.72 Å². The Morgan fingerprint density at radius 3 is 2.10 bits per heavy atom. The second-order valence-electron chi connectivity index (χ2n) is 4.71. The minimum absolute atomic E-state index is 0.264. The second-order valence-corrected chi connectivity index (χ2v) is 7.34. The molecule has 0 aliphatic rings. The maximum Gasteiger partial charge on any atom is 0.241 e. The van der Waals surface area contributed by atoms with E-state index in [-0.39, 0.29) is 10.9 Å². The minimum atomic E-state index is -3.51. The summed E-state index contributed by atoms with van der Waals surface area (Å²) < 4.78 is 28.1. The van der Waals surface area contributed by atoms with Gasteiger partial charge >= 0.3 is 0 Å². The number of rotatable bonds is 4. The molecule has 0 amide bonds. The molecule has 2 aromatic rings. The van der Waals surface area contributed by atoms with Gasteiger partial charge in [0.1, 0.15) is 0 Å². The molecule has 106 valence electrons. The fourth-order valence-corrected chi connectivity index (χ4v) is 3.33. The molecule has 0 spiro atoms. The van der Waals surface area contributed by atoms with Gasteiger partial charge in [0, 0.05) is 10.5 Å². The largest absolute Gasteiger partial charge is 0.241 e. The van der Waals surface area contributed by atoms with Crippen LogP contribution in [0.2, 0.25) is 0 Å². The Hall–Kier alpha value is -1.17. The van der Waals surface area contributed by atoms with Crippen molar-refractivity contribution in [2.75, 3.05) is 0 Å². The zero-order valence-electron chi connectivity index (χ0n) is 11.3. The third-order valence-corrected chi connectivity index (χ3v) is 5.12. The van der Waals surface area contributed by atoms with Crippen molar-refractivity contribution in [2.45, 2.75) is 24.8 Å². The molecule has 2 rings (SSSR count). The van der Waals surface area contributed by atoms with Gasteiger partial charge in [0.25, 0.3) is 0 Å². The van der Waals surface area contributed by atoms with E-state index >= 15 is 0 Å². The molecule has 0 saturated heterocycles. The smallest absolute Gasteiger partial charge is 0.207 e. The number of hydrogen-bond acceptors (Lipinski definition) is 2. The fourth-order valence-electron chi connectivity index (χ4n) is 1.84. The first-order chi connectivity index (χ1) is 9.38. The average molecular weight is 354 g/mol. The van der Waals surface area contributed by atoms with Crippen LogP contribution in [0, 0.1) is 6.92 Å². The van der Waals surface area contributed by atoms with Crippen LogP contribution in [0.5, 0.6) is 0 Å². The van der Waals surface area contributed by atoms with E-state index in [1.165, 1.54) is 0 Å². The highest BCUT2D eigenvalue weighted by Crippen LogP contribution is 2.19. The Morgan fingerprint density at radius 1 is 1.00 bits per heavy atom. The molecule has 0 aromatic heterocycles. The van der Waals surface area contributed by atoms with Gasteiger partial charge < -0.3 is 0 Å². The molecule has 1 atom stereocenters. The van der Waals surface area contributed by atoms with Crippen molar-refractivity contribution >= 4 is 26.0 Å². The van der Waals surface area contributed by atoms with Crippen LogP contribution in [0.25, 0.3) is 0 Å². The van der Waals surface area contributed by atoms with Crippen LogP contribution in [0.15, 0.2) is 57.9 Å². The molecule has 0 unspecified atom stereocenters. The van der Waals surface area contributed by atoms with Crippen molar-refractivity contribution in [2.24, 2.45) is 0 Å². The Bertz CT molecular complexity index is 679. The van der Waals surface area contributed by atoms with Crippen LogP contribution in [0.1, 0.15) is 24.1 Å². The van der Waals surface area contributed by atoms with Gasteiger partial charge in [-0.1, -0.05) is 45.8 Å². The number of aryl methyl sites for hydroxylation is 1. The van der Waals surface area contributed by atoms with Crippen LogP contribution < -0.4 is 4.72 Å². The fraction of sp³-hybridized carbons (Fsp3) is 0.200. The summed E-state index contributed by atoms with van der Waals surface area (Å²) in [5.74, 6) is 0. The Labute approximate surface area is 128 Å². The number of benzene rings is 2. The lowest BCUT2D eigenvalue weighted by molar-refractivity contribution is 0.567. The lowest BCUT2D eigenvalue weighted by atomic mass is 10.1. The zero-order valence-corrected chi connectivity index (χ0v) is 13.7. The van der Waals surface area contributed by atoms with Gasteiger partial charge in [0.05, 0.1) is 4.90 Å². The van der Waals surface area contributed by atoms with Gasteiger partial charge in [-0.2, -0.15) is 0 Å². The standard InChI is InChI=1S/C15H16BrNO2S/c1-11-3-5-13(6-4-11)12(2)17-20(18,19)15-9-7-14(16)8-10-15/h3-10,12,17H,1-2H3/t12-/m0/s1. The zero-order chi connectivity index (χ0) is 14.8. The van der Waals surface area contributed by atoms with Crippen LogP contribution in [0.4, 0.5) is 0 Å².